The SMILES string of the molecule is CC(=O)c1ccccc1OCCN1CCC(N)CC1C. The van der Waals surface area contributed by atoms with Crippen LogP contribution < -0.4 is 10.5 Å². The highest BCUT2D eigenvalue weighted by Gasteiger charge is 2.22. The second-order valence-corrected chi connectivity index (χ2v) is 5.57. The number of carbonyl (C=O) groups excluding carboxylic acids is 1. The highest BCUT2D eigenvalue weighted by molar-refractivity contribution is 5.96. The average Bonchev–Trinajstić information content (AvgIpc) is 2.41. The lowest BCUT2D eigenvalue weighted by Crippen LogP contribution is -2.46. The Morgan fingerprint density at radius 3 is 2.90 bits per heavy atom. The molecule has 0 spiro atoms. The number of ketones is 1. The zero-order chi connectivity index (χ0) is 14.5. The number of nitrogens with zero attached hydrogens (tertiary/aromatic N) is 1. The van der Waals surface area contributed by atoms with Crippen LogP contribution in [0.15, 0.2) is 24.3 Å². The minimum atomic E-state index is 0.0397. The number of rotatable bonds is 5. The third-order valence-corrected chi connectivity index (χ3v) is 3.96. The Balaban J connectivity index is 1.86. The van der Waals surface area contributed by atoms with Gasteiger partial charge in [0.1, 0.15) is 12.4 Å². The van der Waals surface area contributed by atoms with Gasteiger partial charge in [-0.3, -0.25) is 9.69 Å². The van der Waals surface area contributed by atoms with Crippen molar-refractivity contribution in [3.8, 4) is 5.75 Å². The lowest BCUT2D eigenvalue weighted by molar-refractivity contribution is 0.100. The van der Waals surface area contributed by atoms with Gasteiger partial charge in [0.25, 0.3) is 0 Å². The van der Waals surface area contributed by atoms with Crippen molar-refractivity contribution in [3.05, 3.63) is 29.8 Å². The summed E-state index contributed by atoms with van der Waals surface area (Å²) in [5, 5.41) is 0. The van der Waals surface area contributed by atoms with E-state index in [0.717, 1.165) is 25.9 Å². The van der Waals surface area contributed by atoms with E-state index in [1.54, 1.807) is 13.0 Å². The first-order valence-electron chi connectivity index (χ1n) is 7.30. The van der Waals surface area contributed by atoms with Crippen molar-refractivity contribution >= 4 is 5.78 Å². The van der Waals surface area contributed by atoms with Crippen molar-refractivity contribution in [2.45, 2.75) is 38.8 Å². The lowest BCUT2D eigenvalue weighted by atomic mass is 9.99. The standard InChI is InChI=1S/C16H24N2O2/c1-12-11-14(17)7-8-18(12)9-10-20-16-6-4-3-5-15(16)13(2)19/h3-6,12,14H,7-11,17H2,1-2H3. The predicted octanol–water partition coefficient (Wildman–Crippen LogP) is 2.08. The number of hydrogen-bond donors (Lipinski definition) is 1. The molecule has 110 valence electrons. The molecule has 1 aliphatic rings. The van der Waals surface area contributed by atoms with Gasteiger partial charge in [0, 0.05) is 25.2 Å². The normalized spacial score (nSPS) is 23.6. The number of nitrogens with two attached hydrogens (primary N) is 1. The topological polar surface area (TPSA) is 55.6 Å². The van der Waals surface area contributed by atoms with Crippen LogP contribution in [0.25, 0.3) is 0 Å². The van der Waals surface area contributed by atoms with Crippen molar-refractivity contribution in [2.75, 3.05) is 19.7 Å². The largest absolute Gasteiger partial charge is 0.491 e. The molecule has 1 saturated heterocycles. The molecule has 0 aromatic heterocycles. The van der Waals surface area contributed by atoms with Gasteiger partial charge in [0.2, 0.25) is 0 Å². The predicted molar refractivity (Wildman–Crippen MR) is 80.2 cm³/mol. The van der Waals surface area contributed by atoms with E-state index in [2.05, 4.69) is 11.8 Å². The van der Waals surface area contributed by atoms with Gasteiger partial charge in [-0.05, 0) is 38.8 Å². The first kappa shape index (κ1) is 15.0. The molecular weight excluding hydrogens is 252 g/mol. The maximum absolute atomic E-state index is 11.5. The molecule has 20 heavy (non-hydrogen) atoms. The molecule has 0 saturated carbocycles. The lowest BCUT2D eigenvalue weighted by Gasteiger charge is -2.36. The average molecular weight is 276 g/mol. The van der Waals surface area contributed by atoms with Crippen LogP contribution >= 0.6 is 0 Å². The molecule has 0 radical (unpaired) electrons. The number of Topliss-reactive ketones (excluding diaryl/α,β-unsaturated/α-hetero) is 1. The fourth-order valence-corrected chi connectivity index (χ4v) is 2.75. The van der Waals surface area contributed by atoms with Crippen LogP contribution in [0, 0.1) is 0 Å². The van der Waals surface area contributed by atoms with E-state index in [0.29, 0.717) is 30.0 Å². The Morgan fingerprint density at radius 2 is 2.20 bits per heavy atom. The fourth-order valence-electron chi connectivity index (χ4n) is 2.75. The number of ether oxygens (including phenoxy) is 1. The molecule has 1 heterocycles. The van der Waals surface area contributed by atoms with Crippen LogP contribution in [0.1, 0.15) is 37.0 Å². The molecule has 4 heteroatoms. The van der Waals surface area contributed by atoms with Crippen LogP contribution in [0.3, 0.4) is 0 Å². The zero-order valence-corrected chi connectivity index (χ0v) is 12.3. The first-order valence-corrected chi connectivity index (χ1v) is 7.30. The van der Waals surface area contributed by atoms with Gasteiger partial charge in [-0.15, -0.1) is 0 Å². The monoisotopic (exact) mass is 276 g/mol. The molecule has 0 bridgehead atoms. The molecule has 1 aromatic carbocycles. The van der Waals surface area contributed by atoms with E-state index in [-0.39, 0.29) is 5.78 Å². The molecular formula is C16H24N2O2. The van der Waals surface area contributed by atoms with Crippen LogP contribution in [0.4, 0.5) is 0 Å². The smallest absolute Gasteiger partial charge is 0.163 e. The van der Waals surface area contributed by atoms with E-state index in [4.69, 9.17) is 10.5 Å². The van der Waals surface area contributed by atoms with Crippen LogP contribution in [0.5, 0.6) is 5.75 Å². The Kier molecular flexibility index (Phi) is 5.15. The number of likely N-dealkylation sites (tertiary alicyclic amines) is 1. The number of piperidine rings is 1. The Morgan fingerprint density at radius 1 is 1.45 bits per heavy atom. The molecule has 4 nitrogen and oxygen atoms in total. The summed E-state index contributed by atoms with van der Waals surface area (Å²) >= 11 is 0. The summed E-state index contributed by atoms with van der Waals surface area (Å²) in [6.07, 6.45) is 2.10. The number of hydrogen-bond acceptors (Lipinski definition) is 4. The fraction of sp³-hybridized carbons (Fsp3) is 0.562. The van der Waals surface area contributed by atoms with Gasteiger partial charge < -0.3 is 10.5 Å². The highest BCUT2D eigenvalue weighted by atomic mass is 16.5. The van der Waals surface area contributed by atoms with Gasteiger partial charge in [-0.1, -0.05) is 12.1 Å². The summed E-state index contributed by atoms with van der Waals surface area (Å²) in [4.78, 5) is 13.9. The number of para-hydroxylation sites is 1. The van der Waals surface area contributed by atoms with Crippen molar-refractivity contribution in [1.29, 1.82) is 0 Å². The van der Waals surface area contributed by atoms with Crippen LogP contribution in [-0.2, 0) is 0 Å². The van der Waals surface area contributed by atoms with Crippen LogP contribution in [0.2, 0.25) is 0 Å². The highest BCUT2D eigenvalue weighted by Crippen LogP contribution is 2.19. The third kappa shape index (κ3) is 3.81. The molecule has 0 aliphatic carbocycles. The minimum absolute atomic E-state index is 0.0397. The Bertz CT molecular complexity index is 462. The quantitative estimate of drug-likeness (QED) is 0.837. The third-order valence-electron chi connectivity index (χ3n) is 3.96. The second kappa shape index (κ2) is 6.86. The van der Waals surface area contributed by atoms with Gasteiger partial charge in [0.05, 0.1) is 5.56 Å². The maximum atomic E-state index is 11.5. The van der Waals surface area contributed by atoms with E-state index in [9.17, 15) is 4.79 Å². The Hall–Kier alpha value is -1.39. The maximum Gasteiger partial charge on any atom is 0.163 e. The number of benzene rings is 1. The van der Waals surface area contributed by atoms with Gasteiger partial charge >= 0.3 is 0 Å². The molecule has 1 aromatic rings. The zero-order valence-electron chi connectivity index (χ0n) is 12.3. The summed E-state index contributed by atoms with van der Waals surface area (Å²) in [5.74, 6) is 0.722. The van der Waals surface area contributed by atoms with E-state index in [1.807, 2.05) is 18.2 Å². The van der Waals surface area contributed by atoms with Gasteiger partial charge in [-0.2, -0.15) is 0 Å². The molecule has 2 N–H and O–H groups in total. The molecule has 1 aliphatic heterocycles. The summed E-state index contributed by atoms with van der Waals surface area (Å²) < 4.78 is 5.78. The van der Waals surface area contributed by atoms with E-state index in [1.165, 1.54) is 0 Å². The van der Waals surface area contributed by atoms with Crippen LogP contribution in [-0.4, -0.2) is 42.5 Å². The molecule has 2 unspecified atom stereocenters. The summed E-state index contributed by atoms with van der Waals surface area (Å²) in [5.41, 5.74) is 6.62. The molecule has 1 fully saturated rings. The molecule has 2 rings (SSSR count). The first-order chi connectivity index (χ1) is 9.58. The van der Waals surface area contributed by atoms with E-state index >= 15 is 0 Å². The molecule has 2 atom stereocenters. The summed E-state index contributed by atoms with van der Waals surface area (Å²) in [6.45, 7) is 6.28. The minimum Gasteiger partial charge on any atom is -0.491 e. The van der Waals surface area contributed by atoms with E-state index < -0.39 is 0 Å². The summed E-state index contributed by atoms with van der Waals surface area (Å²) in [7, 11) is 0. The van der Waals surface area contributed by atoms with Gasteiger partial charge in [0.15, 0.2) is 5.78 Å². The van der Waals surface area contributed by atoms with Crippen molar-refractivity contribution < 1.29 is 9.53 Å². The van der Waals surface area contributed by atoms with Gasteiger partial charge in [-0.25, -0.2) is 0 Å². The second-order valence-electron chi connectivity index (χ2n) is 5.57. The van der Waals surface area contributed by atoms with Crippen molar-refractivity contribution in [1.82, 2.24) is 4.90 Å². The summed E-state index contributed by atoms with van der Waals surface area (Å²) in [6, 6.07) is 8.25. The van der Waals surface area contributed by atoms with Crippen molar-refractivity contribution in [2.24, 2.45) is 5.73 Å². The Labute approximate surface area is 120 Å². The number of carbonyl (C=O) groups is 1. The molecule has 0 amide bonds. The van der Waals surface area contributed by atoms with Crippen molar-refractivity contribution in [3.63, 3.8) is 0 Å².